The number of rotatable bonds is 11. The average Bonchev–Trinajstić information content (AvgIpc) is 2.90. The number of hydrogen-bond acceptors (Lipinski definition) is 3. The van der Waals surface area contributed by atoms with Crippen LogP contribution < -0.4 is 10.6 Å². The predicted octanol–water partition coefficient (Wildman–Crippen LogP) is 3.57. The summed E-state index contributed by atoms with van der Waals surface area (Å²) in [5.41, 5.74) is 0. The lowest BCUT2D eigenvalue weighted by atomic mass is 9.97. The molecule has 25 heavy (non-hydrogen) atoms. The Morgan fingerprint density at radius 1 is 1.24 bits per heavy atom. The van der Waals surface area contributed by atoms with Gasteiger partial charge in [-0.05, 0) is 25.7 Å². The molecule has 1 heterocycles. The molecule has 0 bridgehead atoms. The Morgan fingerprint density at radius 2 is 2.00 bits per heavy atom. The summed E-state index contributed by atoms with van der Waals surface area (Å²) in [6.45, 7) is 12.4. The molecule has 0 amide bonds. The zero-order valence-corrected chi connectivity index (χ0v) is 18.5. The summed E-state index contributed by atoms with van der Waals surface area (Å²) >= 11 is 0. The molecule has 0 saturated carbocycles. The van der Waals surface area contributed by atoms with Crippen molar-refractivity contribution in [1.29, 1.82) is 0 Å². The minimum absolute atomic E-state index is 0. The van der Waals surface area contributed by atoms with E-state index in [0.717, 1.165) is 24.2 Å². The van der Waals surface area contributed by atoms with Gasteiger partial charge in [-0.1, -0.05) is 39.2 Å². The molecule has 0 saturated heterocycles. The summed E-state index contributed by atoms with van der Waals surface area (Å²) in [5.74, 6) is 3.27. The number of aliphatic imine (C=N–C) groups is 1. The van der Waals surface area contributed by atoms with E-state index in [-0.39, 0.29) is 24.0 Å². The van der Waals surface area contributed by atoms with E-state index in [2.05, 4.69) is 46.2 Å². The Balaban J connectivity index is 0.00000576. The number of halogens is 1. The van der Waals surface area contributed by atoms with Crippen molar-refractivity contribution in [2.24, 2.45) is 18.0 Å². The molecule has 0 aromatic carbocycles. The normalized spacial score (nSPS) is 12.4. The molecule has 7 heteroatoms. The van der Waals surface area contributed by atoms with Crippen LogP contribution in [-0.4, -0.2) is 33.8 Å². The van der Waals surface area contributed by atoms with Crippen molar-refractivity contribution < 1.29 is 0 Å². The zero-order valence-electron chi connectivity index (χ0n) is 16.2. The van der Waals surface area contributed by atoms with Gasteiger partial charge in [0.05, 0.1) is 0 Å². The zero-order chi connectivity index (χ0) is 17.8. The summed E-state index contributed by atoms with van der Waals surface area (Å²) < 4.78 is 1.97. The molecule has 1 aromatic rings. The fourth-order valence-electron chi connectivity index (χ4n) is 2.57. The molecule has 0 fully saturated rings. The second-order valence-corrected chi connectivity index (χ2v) is 6.23. The summed E-state index contributed by atoms with van der Waals surface area (Å²) in [7, 11) is 1.96. The maximum absolute atomic E-state index is 4.64. The maximum atomic E-state index is 4.64. The smallest absolute Gasteiger partial charge is 0.191 e. The third kappa shape index (κ3) is 9.23. The van der Waals surface area contributed by atoms with Gasteiger partial charge in [0.25, 0.3) is 0 Å². The minimum Gasteiger partial charge on any atom is -0.356 e. The van der Waals surface area contributed by atoms with Crippen LogP contribution in [0.25, 0.3) is 0 Å². The largest absolute Gasteiger partial charge is 0.356 e. The molecule has 0 spiro atoms. The van der Waals surface area contributed by atoms with Gasteiger partial charge in [-0.25, -0.2) is 4.99 Å². The van der Waals surface area contributed by atoms with Crippen LogP contribution in [0.3, 0.4) is 0 Å². The van der Waals surface area contributed by atoms with Crippen molar-refractivity contribution in [1.82, 2.24) is 25.4 Å². The fourth-order valence-corrected chi connectivity index (χ4v) is 2.57. The van der Waals surface area contributed by atoms with Crippen LogP contribution in [0.15, 0.2) is 17.6 Å². The molecule has 0 aliphatic rings. The van der Waals surface area contributed by atoms with E-state index in [0.29, 0.717) is 19.0 Å². The van der Waals surface area contributed by atoms with Gasteiger partial charge in [-0.15, -0.1) is 40.8 Å². The first kappa shape index (κ1) is 23.9. The van der Waals surface area contributed by atoms with Crippen molar-refractivity contribution in [3.05, 3.63) is 24.3 Å². The molecule has 1 unspecified atom stereocenters. The third-order valence-corrected chi connectivity index (χ3v) is 4.20. The topological polar surface area (TPSA) is 67.1 Å². The van der Waals surface area contributed by atoms with Crippen molar-refractivity contribution in [3.63, 3.8) is 0 Å². The van der Waals surface area contributed by atoms with Crippen molar-refractivity contribution in [3.8, 4) is 0 Å². The van der Waals surface area contributed by atoms with Gasteiger partial charge in [-0.3, -0.25) is 0 Å². The number of nitrogens with zero attached hydrogens (tertiary/aromatic N) is 4. The van der Waals surface area contributed by atoms with Crippen LogP contribution in [0.5, 0.6) is 0 Å². The number of nitrogens with one attached hydrogen (secondary N) is 2. The van der Waals surface area contributed by atoms with E-state index in [1.807, 2.05) is 24.6 Å². The Hall–Kier alpha value is -1.12. The van der Waals surface area contributed by atoms with Crippen LogP contribution in [0.4, 0.5) is 0 Å². The second-order valence-electron chi connectivity index (χ2n) is 6.23. The number of aromatic nitrogens is 3. The molecular formula is C18H35IN6. The van der Waals surface area contributed by atoms with Gasteiger partial charge >= 0.3 is 0 Å². The first-order valence-electron chi connectivity index (χ1n) is 9.10. The molecular weight excluding hydrogens is 427 g/mol. The lowest BCUT2D eigenvalue weighted by Gasteiger charge is -2.19. The first-order valence-corrected chi connectivity index (χ1v) is 9.10. The SMILES string of the molecule is C=CCNC(=NCc1nnc(C)n1C)NCC(CCC)CCCC.I. The highest BCUT2D eigenvalue weighted by Gasteiger charge is 2.09. The molecule has 2 N–H and O–H groups in total. The highest BCUT2D eigenvalue weighted by molar-refractivity contribution is 14.0. The Kier molecular flexibility index (Phi) is 13.5. The summed E-state index contributed by atoms with van der Waals surface area (Å²) in [4.78, 5) is 4.64. The van der Waals surface area contributed by atoms with Gasteiger partial charge < -0.3 is 15.2 Å². The van der Waals surface area contributed by atoms with Crippen LogP contribution in [0.2, 0.25) is 0 Å². The Labute approximate surface area is 170 Å². The van der Waals surface area contributed by atoms with Gasteiger partial charge in [-0.2, -0.15) is 0 Å². The molecule has 6 nitrogen and oxygen atoms in total. The predicted molar refractivity (Wildman–Crippen MR) is 116 cm³/mol. The van der Waals surface area contributed by atoms with Gasteiger partial charge in [0, 0.05) is 20.1 Å². The highest BCUT2D eigenvalue weighted by Crippen LogP contribution is 2.13. The second kappa shape index (κ2) is 14.1. The van der Waals surface area contributed by atoms with Gasteiger partial charge in [0.1, 0.15) is 12.4 Å². The van der Waals surface area contributed by atoms with Crippen LogP contribution >= 0.6 is 24.0 Å². The molecule has 0 aliphatic heterocycles. The Morgan fingerprint density at radius 3 is 2.56 bits per heavy atom. The lowest BCUT2D eigenvalue weighted by molar-refractivity contribution is 0.423. The van der Waals surface area contributed by atoms with E-state index >= 15 is 0 Å². The number of guanidine groups is 1. The monoisotopic (exact) mass is 462 g/mol. The molecule has 1 rings (SSSR count). The fraction of sp³-hybridized carbons (Fsp3) is 0.722. The first-order chi connectivity index (χ1) is 11.6. The molecule has 0 aliphatic carbocycles. The number of aryl methyl sites for hydroxylation is 1. The van der Waals surface area contributed by atoms with E-state index < -0.39 is 0 Å². The Bertz CT molecular complexity index is 512. The molecule has 0 radical (unpaired) electrons. The van der Waals surface area contributed by atoms with E-state index in [1.165, 1.54) is 32.1 Å². The van der Waals surface area contributed by atoms with Crippen molar-refractivity contribution >= 4 is 29.9 Å². The quantitative estimate of drug-likeness (QED) is 0.228. The van der Waals surface area contributed by atoms with Crippen LogP contribution in [-0.2, 0) is 13.6 Å². The highest BCUT2D eigenvalue weighted by atomic mass is 127. The minimum atomic E-state index is 0. The van der Waals surface area contributed by atoms with Gasteiger partial charge in [0.15, 0.2) is 11.8 Å². The van der Waals surface area contributed by atoms with Gasteiger partial charge in [0.2, 0.25) is 0 Å². The third-order valence-electron chi connectivity index (χ3n) is 4.20. The van der Waals surface area contributed by atoms with Crippen LogP contribution in [0.1, 0.15) is 57.6 Å². The van der Waals surface area contributed by atoms with E-state index in [1.54, 1.807) is 0 Å². The standard InChI is InChI=1S/C18H34N6.HI/c1-6-9-11-16(10-7-2)13-20-18(19-12-8-3)21-14-17-23-22-15(4)24(17)5;/h8,16H,3,6-7,9-14H2,1-2,4-5H3,(H2,19,20,21);1H. The average molecular weight is 462 g/mol. The van der Waals surface area contributed by atoms with Crippen molar-refractivity contribution in [2.45, 2.75) is 59.4 Å². The summed E-state index contributed by atoms with van der Waals surface area (Å²) in [5, 5.41) is 15.0. The maximum Gasteiger partial charge on any atom is 0.191 e. The molecule has 1 aromatic heterocycles. The van der Waals surface area contributed by atoms with E-state index in [4.69, 9.17) is 0 Å². The summed E-state index contributed by atoms with van der Waals surface area (Å²) in [6, 6.07) is 0. The van der Waals surface area contributed by atoms with E-state index in [9.17, 15) is 0 Å². The summed E-state index contributed by atoms with van der Waals surface area (Å²) in [6.07, 6.45) is 8.13. The van der Waals surface area contributed by atoms with Crippen molar-refractivity contribution in [2.75, 3.05) is 13.1 Å². The molecule has 144 valence electrons. The number of unbranched alkanes of at least 4 members (excludes halogenated alkanes) is 1. The number of hydrogen-bond donors (Lipinski definition) is 2. The van der Waals surface area contributed by atoms with Crippen LogP contribution in [0, 0.1) is 12.8 Å². The lowest BCUT2D eigenvalue weighted by Crippen LogP contribution is -2.40. The molecule has 1 atom stereocenters.